The number of ketones is 1. The lowest BCUT2D eigenvalue weighted by atomic mass is 10.1. The molecule has 0 saturated heterocycles. The van der Waals surface area contributed by atoms with Crippen LogP contribution in [-0.2, 0) is 11.3 Å². The molecule has 100 valence electrons. The molecule has 0 unspecified atom stereocenters. The molecule has 2 aromatic carbocycles. The molecular weight excluding hydrogens is 389 g/mol. The van der Waals surface area contributed by atoms with Crippen molar-refractivity contribution < 1.29 is 9.59 Å². The Bertz CT molecular complexity index is 712. The molecule has 1 heterocycles. The van der Waals surface area contributed by atoms with Crippen LogP contribution in [0.4, 0.5) is 5.69 Å². The van der Waals surface area contributed by atoms with Gasteiger partial charge < -0.3 is 4.90 Å². The third-order valence-corrected chi connectivity index (χ3v) is 4.14. The summed E-state index contributed by atoms with van der Waals surface area (Å²) in [6.45, 7) is 0.370. The number of fused-ring (bicyclic) bond motifs is 1. The highest BCUT2D eigenvalue weighted by Gasteiger charge is 2.35. The van der Waals surface area contributed by atoms with Gasteiger partial charge in [-0.15, -0.1) is 0 Å². The van der Waals surface area contributed by atoms with Crippen LogP contribution < -0.4 is 4.90 Å². The highest BCUT2D eigenvalue weighted by molar-refractivity contribution is 14.1. The van der Waals surface area contributed by atoms with Crippen LogP contribution in [0.15, 0.2) is 42.5 Å². The molecule has 5 heteroatoms. The normalized spacial score (nSPS) is 13.8. The van der Waals surface area contributed by atoms with Crippen LogP contribution in [-0.4, -0.2) is 11.7 Å². The Kier molecular flexibility index (Phi) is 3.52. The lowest BCUT2D eigenvalue weighted by Crippen LogP contribution is -2.29. The van der Waals surface area contributed by atoms with Gasteiger partial charge in [-0.2, -0.15) is 0 Å². The van der Waals surface area contributed by atoms with Gasteiger partial charge >= 0.3 is 0 Å². The van der Waals surface area contributed by atoms with Crippen molar-refractivity contribution in [2.75, 3.05) is 4.90 Å². The van der Waals surface area contributed by atoms with Crippen molar-refractivity contribution in [1.82, 2.24) is 0 Å². The molecule has 0 bridgehead atoms. The Balaban J connectivity index is 1.98. The number of hydrogen-bond donors (Lipinski definition) is 0. The zero-order chi connectivity index (χ0) is 14.3. The van der Waals surface area contributed by atoms with Gasteiger partial charge in [-0.25, -0.2) is 0 Å². The summed E-state index contributed by atoms with van der Waals surface area (Å²) in [4.78, 5) is 25.5. The maximum atomic E-state index is 12.1. The van der Waals surface area contributed by atoms with E-state index in [0.29, 0.717) is 22.8 Å². The number of Topliss-reactive ketones (excluding diaryl/α,β-unsaturated/α-hetero) is 1. The smallest absolute Gasteiger partial charge is 0.299 e. The van der Waals surface area contributed by atoms with Crippen LogP contribution in [0.2, 0.25) is 5.02 Å². The summed E-state index contributed by atoms with van der Waals surface area (Å²) < 4.78 is 1.12. The molecule has 0 spiro atoms. The average molecular weight is 398 g/mol. The number of benzene rings is 2. The highest BCUT2D eigenvalue weighted by atomic mass is 127. The lowest BCUT2D eigenvalue weighted by Gasteiger charge is -2.16. The SMILES string of the molecule is O=C1C(=O)N(Cc2ccc(I)cc2)c2cc(Cl)ccc21. The van der Waals surface area contributed by atoms with E-state index in [1.54, 1.807) is 18.2 Å². The van der Waals surface area contributed by atoms with E-state index in [1.807, 2.05) is 24.3 Å². The summed E-state index contributed by atoms with van der Waals surface area (Å²) >= 11 is 8.18. The van der Waals surface area contributed by atoms with Crippen molar-refractivity contribution in [3.63, 3.8) is 0 Å². The minimum absolute atomic E-state index is 0.370. The van der Waals surface area contributed by atoms with Gasteiger partial charge in [0.25, 0.3) is 11.7 Å². The molecule has 0 N–H and O–H groups in total. The van der Waals surface area contributed by atoms with Crippen molar-refractivity contribution in [3.05, 3.63) is 62.2 Å². The van der Waals surface area contributed by atoms with Crippen LogP contribution in [0.25, 0.3) is 0 Å². The third kappa shape index (κ3) is 2.33. The fourth-order valence-corrected chi connectivity index (χ4v) is 2.72. The van der Waals surface area contributed by atoms with Crippen molar-refractivity contribution in [2.45, 2.75) is 6.54 Å². The van der Waals surface area contributed by atoms with Crippen molar-refractivity contribution >= 4 is 51.6 Å². The summed E-state index contributed by atoms with van der Waals surface area (Å²) in [7, 11) is 0. The first-order chi connectivity index (χ1) is 9.56. The quantitative estimate of drug-likeness (QED) is 0.573. The molecule has 0 fully saturated rings. The molecule has 0 saturated carbocycles. The fourth-order valence-electron chi connectivity index (χ4n) is 2.20. The van der Waals surface area contributed by atoms with Crippen LogP contribution in [0.1, 0.15) is 15.9 Å². The Morgan fingerprint density at radius 2 is 1.75 bits per heavy atom. The summed E-state index contributed by atoms with van der Waals surface area (Å²) in [6.07, 6.45) is 0. The first-order valence-corrected chi connectivity index (χ1v) is 7.42. The number of nitrogens with zero attached hydrogens (tertiary/aromatic N) is 1. The molecule has 0 aromatic heterocycles. The standard InChI is InChI=1S/C15H9ClINO2/c16-10-3-6-12-13(7-10)18(15(20)14(12)19)8-9-1-4-11(17)5-2-9/h1-7H,8H2. The first-order valence-electron chi connectivity index (χ1n) is 5.96. The van der Waals surface area contributed by atoms with Crippen LogP contribution >= 0.6 is 34.2 Å². The Labute approximate surface area is 134 Å². The van der Waals surface area contributed by atoms with Gasteiger partial charge in [0.15, 0.2) is 0 Å². The number of carbonyl (C=O) groups excluding carboxylic acids is 2. The molecule has 20 heavy (non-hydrogen) atoms. The van der Waals surface area contributed by atoms with E-state index < -0.39 is 11.7 Å². The molecule has 1 aliphatic heterocycles. The molecule has 1 aliphatic rings. The zero-order valence-electron chi connectivity index (χ0n) is 10.3. The first kappa shape index (κ1) is 13.6. The number of carbonyl (C=O) groups is 2. The summed E-state index contributed by atoms with van der Waals surface area (Å²) in [5, 5.41) is 0.513. The predicted octanol–water partition coefficient (Wildman–Crippen LogP) is 3.67. The van der Waals surface area contributed by atoms with E-state index in [1.165, 1.54) is 4.90 Å². The highest BCUT2D eigenvalue weighted by Crippen LogP contribution is 2.32. The molecule has 0 atom stereocenters. The number of halogens is 2. The monoisotopic (exact) mass is 397 g/mol. The van der Waals surface area contributed by atoms with E-state index in [2.05, 4.69) is 22.6 Å². The second-order valence-corrected chi connectivity index (χ2v) is 6.19. The van der Waals surface area contributed by atoms with Gasteiger partial charge in [0, 0.05) is 8.59 Å². The minimum atomic E-state index is -0.499. The van der Waals surface area contributed by atoms with Crippen molar-refractivity contribution in [3.8, 4) is 0 Å². The van der Waals surface area contributed by atoms with E-state index in [0.717, 1.165) is 9.13 Å². The van der Waals surface area contributed by atoms with Gasteiger partial charge in [0.05, 0.1) is 17.8 Å². The largest absolute Gasteiger partial charge is 0.300 e. The van der Waals surface area contributed by atoms with Gasteiger partial charge in [0.1, 0.15) is 0 Å². The van der Waals surface area contributed by atoms with Crippen molar-refractivity contribution in [2.24, 2.45) is 0 Å². The maximum Gasteiger partial charge on any atom is 0.299 e. The van der Waals surface area contributed by atoms with Gasteiger partial charge in [-0.05, 0) is 58.5 Å². The Hall–Kier alpha value is -1.40. The van der Waals surface area contributed by atoms with Crippen molar-refractivity contribution in [1.29, 1.82) is 0 Å². The fraction of sp³-hybridized carbons (Fsp3) is 0.0667. The molecule has 3 nitrogen and oxygen atoms in total. The second kappa shape index (κ2) is 5.18. The Morgan fingerprint density at radius 1 is 1.05 bits per heavy atom. The predicted molar refractivity (Wildman–Crippen MR) is 86.1 cm³/mol. The molecule has 1 amide bonds. The summed E-state index contributed by atoms with van der Waals surface area (Å²) in [5.74, 6) is -0.969. The van der Waals surface area contributed by atoms with E-state index in [4.69, 9.17) is 11.6 Å². The van der Waals surface area contributed by atoms with E-state index in [-0.39, 0.29) is 0 Å². The van der Waals surface area contributed by atoms with Gasteiger partial charge in [0.2, 0.25) is 0 Å². The molecule has 0 aliphatic carbocycles. The average Bonchev–Trinajstić information content (AvgIpc) is 2.66. The second-order valence-electron chi connectivity index (χ2n) is 4.51. The van der Waals surface area contributed by atoms with Gasteiger partial charge in [-0.1, -0.05) is 23.7 Å². The number of hydrogen-bond acceptors (Lipinski definition) is 2. The van der Waals surface area contributed by atoms with E-state index in [9.17, 15) is 9.59 Å². The minimum Gasteiger partial charge on any atom is -0.300 e. The summed E-state index contributed by atoms with van der Waals surface area (Å²) in [6, 6.07) is 12.7. The van der Waals surface area contributed by atoms with Crippen LogP contribution in [0.3, 0.4) is 0 Å². The molecule has 2 aromatic rings. The number of amides is 1. The topological polar surface area (TPSA) is 37.4 Å². The number of anilines is 1. The van der Waals surface area contributed by atoms with Crippen LogP contribution in [0.5, 0.6) is 0 Å². The van der Waals surface area contributed by atoms with E-state index >= 15 is 0 Å². The number of rotatable bonds is 2. The zero-order valence-corrected chi connectivity index (χ0v) is 13.2. The third-order valence-electron chi connectivity index (χ3n) is 3.19. The van der Waals surface area contributed by atoms with Gasteiger partial charge in [-0.3, -0.25) is 9.59 Å². The Morgan fingerprint density at radius 3 is 2.45 bits per heavy atom. The summed E-state index contributed by atoms with van der Waals surface area (Å²) in [5.41, 5.74) is 1.98. The molecular formula is C15H9ClINO2. The molecule has 0 radical (unpaired) electrons. The lowest BCUT2D eigenvalue weighted by molar-refractivity contribution is -0.114. The molecule has 3 rings (SSSR count). The van der Waals surface area contributed by atoms with Crippen LogP contribution in [0, 0.1) is 3.57 Å². The maximum absolute atomic E-state index is 12.1.